The van der Waals surface area contributed by atoms with E-state index in [9.17, 15) is 28.8 Å². The average molecular weight is 719 g/mol. The fourth-order valence-electron chi connectivity index (χ4n) is 5.90. The Kier molecular flexibility index (Phi) is 8.38. The number of nitrogens with zero attached hydrogens (tertiary/aromatic N) is 7. The molecule has 3 fully saturated rings. The minimum Gasteiger partial charge on any atom is -0.386 e. The minimum atomic E-state index is -5.00. The summed E-state index contributed by atoms with van der Waals surface area (Å²) in [7, 11) is -9.99. The molecule has 0 aliphatic carbocycles. The number of imidazole rings is 2. The van der Waals surface area contributed by atoms with E-state index in [2.05, 4.69) is 42.5 Å². The van der Waals surface area contributed by atoms with Crippen molar-refractivity contribution in [2.75, 3.05) is 30.4 Å². The number of H-pyrrole nitrogens is 1. The molecular formula is C22H28N10O12P2S. The topological polar surface area (TPSA) is 309 Å². The smallest absolute Gasteiger partial charge is 0.386 e. The van der Waals surface area contributed by atoms with Crippen LogP contribution in [0.4, 0.5) is 11.8 Å². The molecule has 47 heavy (non-hydrogen) atoms. The van der Waals surface area contributed by atoms with Crippen LogP contribution < -0.4 is 17.0 Å². The first kappa shape index (κ1) is 32.5. The number of nitrogens with one attached hydrogen (secondary N) is 1. The Labute approximate surface area is 268 Å². The maximum Gasteiger partial charge on any atom is 0.472 e. The second kappa shape index (κ2) is 12.1. The van der Waals surface area contributed by atoms with Gasteiger partial charge in [-0.3, -0.25) is 37.0 Å². The predicted octanol–water partition coefficient (Wildman–Crippen LogP) is -0.766. The number of ether oxygens (including phenoxy) is 2. The van der Waals surface area contributed by atoms with Crippen LogP contribution in [0.2, 0.25) is 0 Å². The van der Waals surface area contributed by atoms with Gasteiger partial charge in [0.05, 0.1) is 32.0 Å². The summed E-state index contributed by atoms with van der Waals surface area (Å²) in [6, 6.07) is 0. The van der Waals surface area contributed by atoms with Crippen LogP contribution in [-0.4, -0.2) is 103 Å². The summed E-state index contributed by atoms with van der Waals surface area (Å²) < 4.78 is 63.1. The third kappa shape index (κ3) is 5.96. The highest BCUT2D eigenvalue weighted by molar-refractivity contribution is 7.80. The van der Waals surface area contributed by atoms with Crippen LogP contribution >= 0.6 is 28.3 Å². The molecule has 7 heterocycles. The normalized spacial score (nSPS) is 36.6. The summed E-state index contributed by atoms with van der Waals surface area (Å²) in [6.07, 6.45) is -5.85. The monoisotopic (exact) mass is 718 g/mol. The molecule has 4 aromatic rings. The SMILES string of the molecule is Nc1nc2c(ncn2[C@@H]2O[C@@H]3COP(=O)(O)O[C@@H]4C(O)[C@H](n5cnc6c(N)ncnc65)O[C@@H]4COP(=O)(O)OC2[C@H]3CCS)c(=O)[nH]1. The summed E-state index contributed by atoms with van der Waals surface area (Å²) in [5.41, 5.74) is 11.2. The van der Waals surface area contributed by atoms with Crippen LogP contribution in [0.25, 0.3) is 22.3 Å². The van der Waals surface area contributed by atoms with Gasteiger partial charge in [-0.05, 0) is 12.2 Å². The molecule has 4 aromatic heterocycles. The van der Waals surface area contributed by atoms with Gasteiger partial charge in [0.15, 0.2) is 35.1 Å². The number of fused-ring (bicyclic) bond motifs is 5. The molecular weight excluding hydrogens is 690 g/mol. The van der Waals surface area contributed by atoms with E-state index in [1.807, 2.05) is 0 Å². The number of aliphatic hydroxyl groups is 1. The molecule has 0 radical (unpaired) electrons. The largest absolute Gasteiger partial charge is 0.472 e. The van der Waals surface area contributed by atoms with E-state index >= 15 is 0 Å². The predicted molar refractivity (Wildman–Crippen MR) is 159 cm³/mol. The maximum absolute atomic E-state index is 13.5. The lowest BCUT2D eigenvalue weighted by Gasteiger charge is -2.26. The number of phosphoric ester groups is 2. The molecule has 0 aromatic carbocycles. The summed E-state index contributed by atoms with van der Waals surface area (Å²) in [5, 5.41) is 11.2. The minimum absolute atomic E-state index is 0.0247. The molecule has 10 atom stereocenters. The van der Waals surface area contributed by atoms with Crippen LogP contribution in [0.1, 0.15) is 18.9 Å². The molecule has 25 heteroatoms. The van der Waals surface area contributed by atoms with Crippen LogP contribution in [-0.2, 0) is 36.7 Å². The van der Waals surface area contributed by atoms with E-state index in [0.717, 1.165) is 0 Å². The lowest BCUT2D eigenvalue weighted by Crippen LogP contribution is -2.36. The van der Waals surface area contributed by atoms with Gasteiger partial charge in [0, 0.05) is 5.92 Å². The zero-order chi connectivity index (χ0) is 33.2. The number of thiol groups is 1. The van der Waals surface area contributed by atoms with Crippen molar-refractivity contribution in [1.29, 1.82) is 0 Å². The van der Waals surface area contributed by atoms with Crippen molar-refractivity contribution in [3.05, 3.63) is 29.3 Å². The molecule has 4 unspecified atom stereocenters. The van der Waals surface area contributed by atoms with Crippen molar-refractivity contribution in [3.8, 4) is 0 Å². The van der Waals surface area contributed by atoms with E-state index < -0.39 is 83.3 Å². The van der Waals surface area contributed by atoms with Crippen molar-refractivity contribution in [2.24, 2.45) is 5.92 Å². The van der Waals surface area contributed by atoms with Crippen molar-refractivity contribution in [3.63, 3.8) is 0 Å². The van der Waals surface area contributed by atoms with Crippen molar-refractivity contribution >= 4 is 62.4 Å². The molecule has 3 aliphatic heterocycles. The molecule has 7 rings (SSSR count). The number of nitrogens with two attached hydrogens (primary N) is 2. The van der Waals surface area contributed by atoms with Crippen LogP contribution in [0.15, 0.2) is 23.8 Å². The zero-order valence-electron chi connectivity index (χ0n) is 23.8. The second-order valence-electron chi connectivity index (χ2n) is 10.8. The van der Waals surface area contributed by atoms with Gasteiger partial charge in [-0.1, -0.05) is 0 Å². The van der Waals surface area contributed by atoms with Crippen LogP contribution in [0.3, 0.4) is 0 Å². The first-order valence-corrected chi connectivity index (χ1v) is 17.5. The highest BCUT2D eigenvalue weighted by atomic mass is 32.1. The number of rotatable bonds is 4. The van der Waals surface area contributed by atoms with Gasteiger partial charge in [0.1, 0.15) is 36.3 Å². The highest BCUT2D eigenvalue weighted by Gasteiger charge is 2.54. The number of hydrogen-bond donors (Lipinski definition) is 7. The van der Waals surface area contributed by atoms with Crippen molar-refractivity contribution in [1.82, 2.24) is 39.0 Å². The molecule has 8 N–H and O–H groups in total. The van der Waals surface area contributed by atoms with E-state index in [0.29, 0.717) is 0 Å². The maximum atomic E-state index is 13.5. The van der Waals surface area contributed by atoms with E-state index in [1.54, 1.807) is 0 Å². The molecule has 2 bridgehead atoms. The number of anilines is 2. The first-order valence-electron chi connectivity index (χ1n) is 13.9. The lowest BCUT2D eigenvalue weighted by molar-refractivity contribution is -0.0671. The Morgan fingerprint density at radius 1 is 0.915 bits per heavy atom. The fourth-order valence-corrected chi connectivity index (χ4v) is 8.13. The Bertz CT molecular complexity index is 1980. The average Bonchev–Trinajstić information content (AvgIpc) is 3.76. The third-order valence-corrected chi connectivity index (χ3v) is 10.2. The molecule has 3 aliphatic rings. The van der Waals surface area contributed by atoms with E-state index in [1.165, 1.54) is 28.1 Å². The molecule has 0 saturated carbocycles. The van der Waals surface area contributed by atoms with E-state index in [4.69, 9.17) is 39.0 Å². The van der Waals surface area contributed by atoms with Crippen LogP contribution in [0.5, 0.6) is 0 Å². The Morgan fingerprint density at radius 3 is 2.28 bits per heavy atom. The Balaban J connectivity index is 1.23. The van der Waals surface area contributed by atoms with Gasteiger partial charge in [-0.25, -0.2) is 29.1 Å². The molecule has 22 nitrogen and oxygen atoms in total. The van der Waals surface area contributed by atoms with Crippen molar-refractivity contribution in [2.45, 2.75) is 49.4 Å². The number of hydrogen-bond acceptors (Lipinski definition) is 18. The second-order valence-corrected chi connectivity index (χ2v) is 14.1. The summed E-state index contributed by atoms with van der Waals surface area (Å²) >= 11 is 4.29. The first-order chi connectivity index (χ1) is 22.4. The standard InChI is InChI=1S/C22H28N10O12P2S/c23-16-11-17(26-5-25-16)31(6-27-11)20-13(33)15-10(42-20)4-40-45(35,36)43-14-8(1-2-47)9(3-39-46(37,38)44-15)41-21(14)32-7-28-12-18(32)29-22(24)30-19(12)34/h5-10,13-15,20-21,33,47H,1-4H2,(H,35,36)(H,37,38)(H2,23,25,26)(H3,24,29,30,34)/t8-,9+,10+,13?,14?,15-,20+,21+/m0/s1. The summed E-state index contributed by atoms with van der Waals surface area (Å²) in [4.78, 5) is 56.8. The number of aromatic nitrogens is 8. The molecule has 0 amide bonds. The Morgan fingerprint density at radius 2 is 1.55 bits per heavy atom. The van der Waals surface area contributed by atoms with Crippen molar-refractivity contribution < 1.29 is 51.6 Å². The van der Waals surface area contributed by atoms with Gasteiger partial charge in [0.25, 0.3) is 5.56 Å². The molecule has 254 valence electrons. The number of aromatic amines is 1. The summed E-state index contributed by atoms with van der Waals surface area (Å²) in [6.45, 7) is -1.35. The quantitative estimate of drug-likeness (QED) is 0.101. The van der Waals surface area contributed by atoms with Gasteiger partial charge in [-0.2, -0.15) is 17.6 Å². The van der Waals surface area contributed by atoms with E-state index in [-0.39, 0.29) is 46.3 Å². The van der Waals surface area contributed by atoms with Gasteiger partial charge in [0.2, 0.25) is 5.95 Å². The Hall–Kier alpha value is -3.05. The molecule has 3 saturated heterocycles. The van der Waals surface area contributed by atoms with Gasteiger partial charge >= 0.3 is 15.6 Å². The lowest BCUT2D eigenvalue weighted by atomic mass is 9.95. The van der Waals surface area contributed by atoms with Crippen LogP contribution in [0, 0.1) is 5.92 Å². The van der Waals surface area contributed by atoms with Gasteiger partial charge < -0.3 is 35.8 Å². The third-order valence-electron chi connectivity index (χ3n) is 7.97. The number of nitrogen functional groups attached to an aromatic ring is 2. The highest BCUT2D eigenvalue weighted by Crippen LogP contribution is 2.55. The number of aliphatic hydroxyl groups excluding tert-OH is 1. The zero-order valence-corrected chi connectivity index (χ0v) is 26.5. The number of phosphoric acid groups is 2. The van der Waals surface area contributed by atoms with Gasteiger partial charge in [-0.15, -0.1) is 0 Å². The fraction of sp³-hybridized carbons (Fsp3) is 0.545. The molecule has 0 spiro atoms. The summed E-state index contributed by atoms with van der Waals surface area (Å²) in [5.74, 6) is -0.721.